The van der Waals surface area contributed by atoms with Crippen molar-refractivity contribution < 1.29 is 19.4 Å². The topological polar surface area (TPSA) is 78.9 Å². The molecule has 6 heteroatoms. The summed E-state index contributed by atoms with van der Waals surface area (Å²) in [5, 5.41) is 11.9. The number of carbonyl (C=O) groups is 2. The highest BCUT2D eigenvalue weighted by Crippen LogP contribution is 2.16. The molecular formula is C13H24N2O4. The van der Waals surface area contributed by atoms with Crippen LogP contribution in [-0.2, 0) is 9.53 Å². The second-order valence-corrected chi connectivity index (χ2v) is 5.26. The van der Waals surface area contributed by atoms with Gasteiger partial charge in [-0.1, -0.05) is 13.3 Å². The van der Waals surface area contributed by atoms with Crippen molar-refractivity contribution in [2.24, 2.45) is 0 Å². The number of rotatable bonds is 5. The predicted molar refractivity (Wildman–Crippen MR) is 71.1 cm³/mol. The van der Waals surface area contributed by atoms with E-state index in [0.29, 0.717) is 25.9 Å². The van der Waals surface area contributed by atoms with Gasteiger partial charge >= 0.3 is 12.0 Å². The van der Waals surface area contributed by atoms with Gasteiger partial charge in [0.15, 0.2) is 0 Å². The molecule has 0 spiro atoms. The number of likely N-dealkylation sites (tertiary alicyclic amines) is 1. The lowest BCUT2D eigenvalue weighted by atomic mass is 9.96. The molecule has 2 N–H and O–H groups in total. The Hall–Kier alpha value is -1.30. The van der Waals surface area contributed by atoms with Crippen LogP contribution in [0.1, 0.15) is 39.5 Å². The zero-order valence-electron chi connectivity index (χ0n) is 11.9. The Morgan fingerprint density at radius 1 is 1.53 bits per heavy atom. The number of hydrogen-bond acceptors (Lipinski definition) is 3. The Bertz CT molecular complexity index is 335. The number of urea groups is 1. The first-order valence-electron chi connectivity index (χ1n) is 6.76. The number of methoxy groups -OCH3 is 1. The van der Waals surface area contributed by atoms with Crippen LogP contribution in [0.15, 0.2) is 0 Å². The molecule has 2 amide bonds. The Morgan fingerprint density at radius 3 is 2.74 bits per heavy atom. The Kier molecular flexibility index (Phi) is 5.60. The molecule has 2 atom stereocenters. The minimum atomic E-state index is -1.20. The lowest BCUT2D eigenvalue weighted by Crippen LogP contribution is -2.57. The summed E-state index contributed by atoms with van der Waals surface area (Å²) in [5.41, 5.74) is -1.20. The van der Waals surface area contributed by atoms with Gasteiger partial charge in [0.25, 0.3) is 0 Å². The minimum Gasteiger partial charge on any atom is -0.480 e. The molecule has 1 aliphatic heterocycles. The number of aliphatic carboxylic acids is 1. The van der Waals surface area contributed by atoms with Gasteiger partial charge in [0.1, 0.15) is 5.54 Å². The van der Waals surface area contributed by atoms with Gasteiger partial charge in [0, 0.05) is 20.2 Å². The van der Waals surface area contributed by atoms with Crippen molar-refractivity contribution in [1.82, 2.24) is 10.2 Å². The number of carboxylic acids is 1. The highest BCUT2D eigenvalue weighted by atomic mass is 16.5. The summed E-state index contributed by atoms with van der Waals surface area (Å²) in [7, 11) is 1.63. The molecule has 0 aromatic heterocycles. The van der Waals surface area contributed by atoms with E-state index < -0.39 is 11.5 Å². The first-order valence-corrected chi connectivity index (χ1v) is 6.76. The fraction of sp³-hybridized carbons (Fsp3) is 0.846. The van der Waals surface area contributed by atoms with E-state index in [4.69, 9.17) is 4.74 Å². The zero-order valence-corrected chi connectivity index (χ0v) is 11.9. The SMILES string of the molecule is CCCC(C)(NC(=O)N1CCCC(OC)C1)C(=O)O. The van der Waals surface area contributed by atoms with E-state index in [2.05, 4.69) is 5.32 Å². The molecule has 0 aromatic rings. The third-order valence-corrected chi connectivity index (χ3v) is 3.60. The van der Waals surface area contributed by atoms with Gasteiger partial charge in [-0.25, -0.2) is 9.59 Å². The Balaban J connectivity index is 2.64. The molecule has 0 saturated carbocycles. The van der Waals surface area contributed by atoms with Crippen LogP contribution in [0.25, 0.3) is 0 Å². The second kappa shape index (κ2) is 6.75. The highest BCUT2D eigenvalue weighted by molar-refractivity contribution is 5.85. The standard InChI is InChI=1S/C13H24N2O4/c1-4-7-13(2,11(16)17)14-12(18)15-8-5-6-10(9-15)19-3/h10H,4-9H2,1-3H3,(H,14,18)(H,16,17). The molecule has 0 bridgehead atoms. The summed E-state index contributed by atoms with van der Waals surface area (Å²) in [6.45, 7) is 4.61. The summed E-state index contributed by atoms with van der Waals surface area (Å²) in [5.74, 6) is -0.997. The molecule has 0 radical (unpaired) electrons. The van der Waals surface area contributed by atoms with E-state index >= 15 is 0 Å². The number of carbonyl (C=O) groups excluding carboxylic acids is 1. The minimum absolute atomic E-state index is 0.0433. The monoisotopic (exact) mass is 272 g/mol. The number of hydrogen-bond donors (Lipinski definition) is 2. The van der Waals surface area contributed by atoms with Crippen LogP contribution in [0.2, 0.25) is 0 Å². The molecule has 1 saturated heterocycles. The van der Waals surface area contributed by atoms with Gasteiger partial charge in [-0.2, -0.15) is 0 Å². The molecule has 1 heterocycles. The summed E-state index contributed by atoms with van der Waals surface area (Å²) in [6, 6.07) is -0.319. The number of nitrogens with zero attached hydrogens (tertiary/aromatic N) is 1. The van der Waals surface area contributed by atoms with Crippen molar-refractivity contribution in [3.05, 3.63) is 0 Å². The summed E-state index contributed by atoms with van der Waals surface area (Å²) in [4.78, 5) is 25.1. The molecule has 0 aliphatic carbocycles. The van der Waals surface area contributed by atoms with E-state index in [1.807, 2.05) is 6.92 Å². The normalized spacial score (nSPS) is 22.7. The number of amides is 2. The van der Waals surface area contributed by atoms with Crippen LogP contribution < -0.4 is 5.32 Å². The van der Waals surface area contributed by atoms with Crippen molar-refractivity contribution >= 4 is 12.0 Å². The average Bonchev–Trinajstić information content (AvgIpc) is 2.38. The van der Waals surface area contributed by atoms with Gasteiger partial charge in [-0.3, -0.25) is 0 Å². The van der Waals surface area contributed by atoms with Gasteiger partial charge in [0.05, 0.1) is 6.10 Å². The molecule has 2 unspecified atom stereocenters. The third-order valence-electron chi connectivity index (χ3n) is 3.60. The van der Waals surface area contributed by atoms with Crippen LogP contribution >= 0.6 is 0 Å². The largest absolute Gasteiger partial charge is 0.480 e. The highest BCUT2D eigenvalue weighted by Gasteiger charge is 2.36. The summed E-state index contributed by atoms with van der Waals surface area (Å²) >= 11 is 0. The van der Waals surface area contributed by atoms with Crippen molar-refractivity contribution in [3.63, 3.8) is 0 Å². The van der Waals surface area contributed by atoms with E-state index in [9.17, 15) is 14.7 Å². The number of nitrogens with one attached hydrogen (secondary N) is 1. The molecule has 19 heavy (non-hydrogen) atoms. The smallest absolute Gasteiger partial charge is 0.329 e. The van der Waals surface area contributed by atoms with E-state index in [-0.39, 0.29) is 12.1 Å². The maximum Gasteiger partial charge on any atom is 0.329 e. The first kappa shape index (κ1) is 15.8. The van der Waals surface area contributed by atoms with Crippen molar-refractivity contribution in [3.8, 4) is 0 Å². The van der Waals surface area contributed by atoms with E-state index in [1.165, 1.54) is 0 Å². The molecule has 110 valence electrons. The predicted octanol–water partition coefficient (Wildman–Crippen LogP) is 1.45. The lowest BCUT2D eigenvalue weighted by molar-refractivity contribution is -0.144. The quantitative estimate of drug-likeness (QED) is 0.794. The van der Waals surface area contributed by atoms with E-state index in [1.54, 1.807) is 18.9 Å². The fourth-order valence-electron chi connectivity index (χ4n) is 2.35. The summed E-state index contributed by atoms with van der Waals surface area (Å²) in [6.07, 6.45) is 2.97. The number of ether oxygens (including phenoxy) is 1. The summed E-state index contributed by atoms with van der Waals surface area (Å²) < 4.78 is 5.26. The average molecular weight is 272 g/mol. The van der Waals surface area contributed by atoms with Gasteiger partial charge < -0.3 is 20.1 Å². The van der Waals surface area contributed by atoms with Crippen molar-refractivity contribution in [2.45, 2.75) is 51.2 Å². The van der Waals surface area contributed by atoms with Gasteiger partial charge in [0.2, 0.25) is 0 Å². The van der Waals surface area contributed by atoms with Gasteiger partial charge in [-0.15, -0.1) is 0 Å². The molecule has 1 fully saturated rings. The van der Waals surface area contributed by atoms with Crippen LogP contribution in [-0.4, -0.2) is 53.8 Å². The van der Waals surface area contributed by atoms with Crippen LogP contribution in [0.5, 0.6) is 0 Å². The molecular weight excluding hydrogens is 248 g/mol. The van der Waals surface area contributed by atoms with Crippen molar-refractivity contribution in [1.29, 1.82) is 0 Å². The zero-order chi connectivity index (χ0) is 14.5. The van der Waals surface area contributed by atoms with Gasteiger partial charge in [-0.05, 0) is 26.2 Å². The van der Waals surface area contributed by atoms with E-state index in [0.717, 1.165) is 12.8 Å². The lowest BCUT2D eigenvalue weighted by Gasteiger charge is -2.35. The molecule has 1 aliphatic rings. The first-order chi connectivity index (χ1) is 8.92. The number of piperidine rings is 1. The van der Waals surface area contributed by atoms with Crippen LogP contribution in [0.4, 0.5) is 4.79 Å². The Morgan fingerprint density at radius 2 is 2.21 bits per heavy atom. The Labute approximate surface area is 114 Å². The number of carboxylic acid groups (broad SMARTS) is 1. The van der Waals surface area contributed by atoms with Crippen molar-refractivity contribution in [2.75, 3.05) is 20.2 Å². The molecule has 6 nitrogen and oxygen atoms in total. The fourth-order valence-corrected chi connectivity index (χ4v) is 2.35. The van der Waals surface area contributed by atoms with Crippen LogP contribution in [0, 0.1) is 0 Å². The maximum atomic E-state index is 12.2. The molecule has 0 aromatic carbocycles. The maximum absolute atomic E-state index is 12.2. The molecule has 1 rings (SSSR count). The van der Waals surface area contributed by atoms with Crippen LogP contribution in [0.3, 0.4) is 0 Å². The second-order valence-electron chi connectivity index (χ2n) is 5.26. The third kappa shape index (κ3) is 4.09.